The minimum Gasteiger partial charge on any atom is -0.396 e. The number of aromatic nitrogens is 1. The first-order chi connectivity index (χ1) is 10.1. The molecule has 0 aromatic carbocycles. The van der Waals surface area contributed by atoms with Crippen molar-refractivity contribution in [1.82, 2.24) is 10.3 Å². The van der Waals surface area contributed by atoms with Gasteiger partial charge in [-0.2, -0.15) is 0 Å². The number of pyridine rings is 1. The summed E-state index contributed by atoms with van der Waals surface area (Å²) < 4.78 is 0. The summed E-state index contributed by atoms with van der Waals surface area (Å²) in [5.74, 6) is -0.322. The fourth-order valence-corrected chi connectivity index (χ4v) is 3.27. The molecule has 1 aliphatic rings. The highest BCUT2D eigenvalue weighted by Crippen LogP contribution is 2.38. The van der Waals surface area contributed by atoms with Gasteiger partial charge in [0.2, 0.25) is 0 Å². The highest BCUT2D eigenvalue weighted by atomic mass is 16.3. The number of hydrogen-bond donors (Lipinski definition) is 3. The van der Waals surface area contributed by atoms with Crippen LogP contribution in [0.5, 0.6) is 0 Å². The number of aliphatic hydroxyl groups is 1. The van der Waals surface area contributed by atoms with Crippen LogP contribution in [-0.4, -0.2) is 29.1 Å². The molecular formula is C16H24N2O3. The summed E-state index contributed by atoms with van der Waals surface area (Å²) in [4.78, 5) is 26.6. The van der Waals surface area contributed by atoms with Crippen molar-refractivity contribution in [3.05, 3.63) is 33.7 Å². The molecule has 0 radical (unpaired) electrons. The molecule has 1 aromatic heterocycles. The van der Waals surface area contributed by atoms with Gasteiger partial charge in [-0.15, -0.1) is 0 Å². The van der Waals surface area contributed by atoms with Gasteiger partial charge in [-0.3, -0.25) is 9.59 Å². The van der Waals surface area contributed by atoms with Crippen LogP contribution >= 0.6 is 0 Å². The monoisotopic (exact) mass is 292 g/mol. The quantitative estimate of drug-likeness (QED) is 0.773. The molecule has 1 aromatic rings. The fourth-order valence-electron chi connectivity index (χ4n) is 3.27. The maximum atomic E-state index is 12.3. The molecule has 5 nitrogen and oxygen atoms in total. The second-order valence-corrected chi connectivity index (χ2v) is 6.08. The summed E-state index contributed by atoms with van der Waals surface area (Å²) in [6, 6.07) is 1.72. The van der Waals surface area contributed by atoms with Crippen molar-refractivity contribution in [1.29, 1.82) is 0 Å². The molecule has 0 aliphatic heterocycles. The smallest absolute Gasteiger partial charge is 0.261 e. The number of aromatic amines is 1. The Morgan fingerprint density at radius 2 is 2.10 bits per heavy atom. The van der Waals surface area contributed by atoms with Crippen molar-refractivity contribution in [2.75, 3.05) is 13.2 Å². The zero-order valence-electron chi connectivity index (χ0n) is 12.6. The molecule has 1 fully saturated rings. The molecule has 0 saturated heterocycles. The Bertz CT molecular complexity index is 539. The Morgan fingerprint density at radius 3 is 2.71 bits per heavy atom. The summed E-state index contributed by atoms with van der Waals surface area (Å²) >= 11 is 0. The molecule has 5 heteroatoms. The lowest BCUT2D eigenvalue weighted by atomic mass is 9.72. The average Bonchev–Trinajstić information content (AvgIpc) is 2.46. The second-order valence-electron chi connectivity index (χ2n) is 6.08. The van der Waals surface area contributed by atoms with E-state index in [-0.39, 0.29) is 29.1 Å². The van der Waals surface area contributed by atoms with Gasteiger partial charge in [-0.1, -0.05) is 19.3 Å². The van der Waals surface area contributed by atoms with Gasteiger partial charge in [-0.25, -0.2) is 0 Å². The summed E-state index contributed by atoms with van der Waals surface area (Å²) in [6.07, 6.45) is 7.80. The highest BCUT2D eigenvalue weighted by Gasteiger charge is 2.32. The van der Waals surface area contributed by atoms with Gasteiger partial charge in [0.1, 0.15) is 5.56 Å². The normalized spacial score (nSPS) is 17.4. The predicted octanol–water partition coefficient (Wildman–Crippen LogP) is 1.75. The number of nitrogens with one attached hydrogen (secondary N) is 2. The Morgan fingerprint density at radius 1 is 1.38 bits per heavy atom. The Labute approximate surface area is 124 Å². The molecule has 2 rings (SSSR count). The van der Waals surface area contributed by atoms with Crippen LogP contribution in [0.1, 0.15) is 54.4 Å². The van der Waals surface area contributed by atoms with E-state index in [9.17, 15) is 14.7 Å². The van der Waals surface area contributed by atoms with Gasteiger partial charge in [0, 0.05) is 19.3 Å². The van der Waals surface area contributed by atoms with Crippen molar-refractivity contribution in [2.45, 2.75) is 45.4 Å². The average molecular weight is 292 g/mol. The largest absolute Gasteiger partial charge is 0.396 e. The minimum absolute atomic E-state index is 0.0158. The van der Waals surface area contributed by atoms with Crippen LogP contribution in [0.2, 0.25) is 0 Å². The number of amides is 1. The summed E-state index contributed by atoms with van der Waals surface area (Å²) in [7, 11) is 0. The third-order valence-corrected chi connectivity index (χ3v) is 4.58. The molecule has 1 amide bonds. The van der Waals surface area contributed by atoms with E-state index in [2.05, 4.69) is 10.3 Å². The first-order valence-electron chi connectivity index (χ1n) is 7.65. The van der Waals surface area contributed by atoms with E-state index in [0.29, 0.717) is 18.5 Å². The van der Waals surface area contributed by atoms with E-state index in [4.69, 9.17) is 0 Å². The molecule has 21 heavy (non-hydrogen) atoms. The predicted molar refractivity (Wildman–Crippen MR) is 81.4 cm³/mol. The fraction of sp³-hybridized carbons (Fsp3) is 0.625. The number of carbonyl (C=O) groups is 1. The van der Waals surface area contributed by atoms with Crippen molar-refractivity contribution >= 4 is 5.91 Å². The Balaban J connectivity index is 2.07. The summed E-state index contributed by atoms with van der Waals surface area (Å²) in [5.41, 5.74) is 0.494. The minimum atomic E-state index is -0.354. The number of aryl methyl sites for hydroxylation is 1. The van der Waals surface area contributed by atoms with Gasteiger partial charge in [0.05, 0.1) is 0 Å². The highest BCUT2D eigenvalue weighted by molar-refractivity contribution is 5.95. The van der Waals surface area contributed by atoms with Crippen LogP contribution in [0.4, 0.5) is 0 Å². The molecule has 0 atom stereocenters. The third kappa shape index (κ3) is 3.73. The van der Waals surface area contributed by atoms with Crippen LogP contribution in [0.15, 0.2) is 17.1 Å². The van der Waals surface area contributed by atoms with Crippen LogP contribution in [-0.2, 0) is 0 Å². The molecule has 0 spiro atoms. The van der Waals surface area contributed by atoms with Crippen LogP contribution in [0, 0.1) is 12.3 Å². The third-order valence-electron chi connectivity index (χ3n) is 4.58. The van der Waals surface area contributed by atoms with Crippen molar-refractivity contribution < 1.29 is 9.90 Å². The van der Waals surface area contributed by atoms with Gasteiger partial charge in [0.25, 0.3) is 11.5 Å². The lowest BCUT2D eigenvalue weighted by molar-refractivity contribution is 0.0867. The first kappa shape index (κ1) is 15.8. The SMILES string of the molecule is Cc1cc[nH]c(=O)c1C(=O)NCC1(CCO)CCCCC1. The van der Waals surface area contributed by atoms with E-state index in [0.717, 1.165) is 25.7 Å². The molecule has 3 N–H and O–H groups in total. The molecule has 0 bridgehead atoms. The van der Waals surface area contributed by atoms with Gasteiger partial charge >= 0.3 is 0 Å². The van der Waals surface area contributed by atoms with E-state index in [1.54, 1.807) is 19.2 Å². The number of aliphatic hydroxyl groups excluding tert-OH is 1. The van der Waals surface area contributed by atoms with Crippen LogP contribution in [0.3, 0.4) is 0 Å². The van der Waals surface area contributed by atoms with Crippen molar-refractivity contribution in [2.24, 2.45) is 5.41 Å². The standard InChI is InChI=1S/C16H24N2O3/c1-12-5-9-17-14(20)13(12)15(21)18-11-16(8-10-19)6-3-2-4-7-16/h5,9,19H,2-4,6-8,10-11H2,1H3,(H,17,20)(H,18,21). The van der Waals surface area contributed by atoms with E-state index >= 15 is 0 Å². The summed E-state index contributed by atoms with van der Waals surface area (Å²) in [5, 5.41) is 12.2. The zero-order valence-corrected chi connectivity index (χ0v) is 12.6. The Kier molecular flexibility index (Phi) is 5.17. The maximum Gasteiger partial charge on any atom is 0.261 e. The molecule has 0 unspecified atom stereocenters. The van der Waals surface area contributed by atoms with Gasteiger partial charge in [0.15, 0.2) is 0 Å². The lowest BCUT2D eigenvalue weighted by Gasteiger charge is -2.37. The number of carbonyl (C=O) groups excluding carboxylic acids is 1. The van der Waals surface area contributed by atoms with Gasteiger partial charge < -0.3 is 15.4 Å². The zero-order chi connectivity index (χ0) is 15.3. The molecule has 1 aliphatic carbocycles. The maximum absolute atomic E-state index is 12.3. The van der Waals surface area contributed by atoms with E-state index in [1.165, 1.54) is 6.42 Å². The van der Waals surface area contributed by atoms with Crippen LogP contribution < -0.4 is 10.9 Å². The summed E-state index contributed by atoms with van der Waals surface area (Å²) in [6.45, 7) is 2.43. The number of hydrogen-bond acceptors (Lipinski definition) is 3. The topological polar surface area (TPSA) is 82.2 Å². The van der Waals surface area contributed by atoms with E-state index in [1.807, 2.05) is 0 Å². The van der Waals surface area contributed by atoms with Crippen molar-refractivity contribution in [3.8, 4) is 0 Å². The van der Waals surface area contributed by atoms with Crippen LogP contribution in [0.25, 0.3) is 0 Å². The van der Waals surface area contributed by atoms with Crippen molar-refractivity contribution in [3.63, 3.8) is 0 Å². The lowest BCUT2D eigenvalue weighted by Crippen LogP contribution is -2.41. The molecular weight excluding hydrogens is 268 g/mol. The van der Waals surface area contributed by atoms with Gasteiger partial charge in [-0.05, 0) is 43.2 Å². The van der Waals surface area contributed by atoms with E-state index < -0.39 is 0 Å². The Hall–Kier alpha value is -1.62. The molecule has 116 valence electrons. The molecule has 1 saturated carbocycles. The number of H-pyrrole nitrogens is 1. The number of rotatable bonds is 5. The first-order valence-corrected chi connectivity index (χ1v) is 7.65. The second kappa shape index (κ2) is 6.89. The molecule has 1 heterocycles.